The molecule has 0 aliphatic heterocycles. The summed E-state index contributed by atoms with van der Waals surface area (Å²) in [6, 6.07) is 0. The summed E-state index contributed by atoms with van der Waals surface area (Å²) in [6.45, 7) is 1.90. The Morgan fingerprint density at radius 3 is 2.50 bits per heavy atom. The Labute approximate surface area is 99.1 Å². The molecule has 0 saturated heterocycles. The van der Waals surface area contributed by atoms with Gasteiger partial charge in [0.25, 0.3) is 0 Å². The van der Waals surface area contributed by atoms with Gasteiger partial charge in [-0.05, 0) is 25.2 Å². The number of carbonyl (C=O) groups is 1. The van der Waals surface area contributed by atoms with E-state index in [-0.39, 0.29) is 17.5 Å². The van der Waals surface area contributed by atoms with Crippen LogP contribution in [0.4, 0.5) is 0 Å². The van der Waals surface area contributed by atoms with Crippen molar-refractivity contribution < 1.29 is 18.5 Å². The van der Waals surface area contributed by atoms with Gasteiger partial charge in [-0.15, -0.1) is 0 Å². The van der Waals surface area contributed by atoms with Crippen molar-refractivity contribution in [3.8, 4) is 0 Å². The lowest BCUT2D eigenvalue weighted by Gasteiger charge is -2.15. The Morgan fingerprint density at radius 2 is 2.06 bits per heavy atom. The van der Waals surface area contributed by atoms with Crippen LogP contribution in [0.2, 0.25) is 0 Å². The lowest BCUT2D eigenvalue weighted by Crippen LogP contribution is -2.23. The third kappa shape index (κ3) is 4.22. The maximum absolute atomic E-state index is 11.8. The molecule has 0 radical (unpaired) electrons. The van der Waals surface area contributed by atoms with Crippen molar-refractivity contribution in [3.63, 3.8) is 0 Å². The van der Waals surface area contributed by atoms with Gasteiger partial charge >= 0.3 is 5.97 Å². The van der Waals surface area contributed by atoms with Crippen LogP contribution < -0.4 is 0 Å². The Hall–Kier alpha value is -0.420. The Balaban J connectivity index is 2.35. The molecule has 2 atom stereocenters. The van der Waals surface area contributed by atoms with Crippen LogP contribution in [0.5, 0.6) is 0 Å². The molecule has 1 aliphatic rings. The molecule has 5 heteroatoms. The Kier molecular flexibility index (Phi) is 4.92. The quantitative estimate of drug-likeness (QED) is 0.633. The number of hydrogen-bond acceptors (Lipinski definition) is 4. The van der Waals surface area contributed by atoms with Crippen molar-refractivity contribution >= 4 is 16.8 Å². The molecule has 0 spiro atoms. The van der Waals surface area contributed by atoms with Crippen molar-refractivity contribution in [2.45, 2.75) is 32.3 Å². The molecule has 0 aromatic carbocycles. The number of rotatable bonds is 7. The fourth-order valence-corrected chi connectivity index (χ4v) is 3.51. The third-order valence-corrected chi connectivity index (χ3v) is 4.77. The SMILES string of the molecule is COC(=O)CC1(CS(=O)CC(C)OC)CC1. The molecule has 4 nitrogen and oxygen atoms in total. The van der Waals surface area contributed by atoms with Crippen LogP contribution in [0.1, 0.15) is 26.2 Å². The van der Waals surface area contributed by atoms with E-state index in [0.29, 0.717) is 17.9 Å². The van der Waals surface area contributed by atoms with Crippen LogP contribution >= 0.6 is 0 Å². The van der Waals surface area contributed by atoms with Gasteiger partial charge in [0.05, 0.1) is 19.6 Å². The van der Waals surface area contributed by atoms with Gasteiger partial charge in [0.1, 0.15) is 0 Å². The number of esters is 1. The van der Waals surface area contributed by atoms with Gasteiger partial charge in [0.15, 0.2) is 0 Å². The van der Waals surface area contributed by atoms with E-state index in [4.69, 9.17) is 4.74 Å². The van der Waals surface area contributed by atoms with Crippen LogP contribution in [-0.4, -0.2) is 42.0 Å². The lowest BCUT2D eigenvalue weighted by atomic mass is 10.1. The van der Waals surface area contributed by atoms with Crippen LogP contribution in [0, 0.1) is 5.41 Å². The molecule has 1 saturated carbocycles. The molecule has 2 unspecified atom stereocenters. The number of carbonyl (C=O) groups excluding carboxylic acids is 1. The molecule has 0 aromatic rings. The molecule has 1 rings (SSSR count). The average Bonchev–Trinajstić information content (AvgIpc) is 2.96. The summed E-state index contributed by atoms with van der Waals surface area (Å²) in [5.74, 6) is 0.934. The smallest absolute Gasteiger partial charge is 0.306 e. The van der Waals surface area contributed by atoms with Crippen molar-refractivity contribution in [3.05, 3.63) is 0 Å². The van der Waals surface area contributed by atoms with Crippen LogP contribution in [-0.2, 0) is 25.1 Å². The lowest BCUT2D eigenvalue weighted by molar-refractivity contribution is -0.141. The van der Waals surface area contributed by atoms with Gasteiger partial charge in [-0.2, -0.15) is 0 Å². The standard InChI is InChI=1S/C11H20O4S/c1-9(14-2)7-16(13)8-11(4-5-11)6-10(12)15-3/h9H,4-8H2,1-3H3. The molecule has 1 aliphatic carbocycles. The zero-order chi connectivity index (χ0) is 12.2. The van der Waals surface area contributed by atoms with E-state index >= 15 is 0 Å². The summed E-state index contributed by atoms with van der Waals surface area (Å²) in [4.78, 5) is 11.2. The van der Waals surface area contributed by atoms with Gasteiger partial charge < -0.3 is 9.47 Å². The van der Waals surface area contributed by atoms with Gasteiger partial charge in [0, 0.05) is 29.4 Å². The second kappa shape index (κ2) is 5.77. The van der Waals surface area contributed by atoms with Gasteiger partial charge in [-0.25, -0.2) is 0 Å². The van der Waals surface area contributed by atoms with Gasteiger partial charge in [0.2, 0.25) is 0 Å². The van der Waals surface area contributed by atoms with E-state index in [1.54, 1.807) is 7.11 Å². The predicted molar refractivity (Wildman–Crippen MR) is 62.6 cm³/mol. The highest BCUT2D eigenvalue weighted by molar-refractivity contribution is 7.85. The topological polar surface area (TPSA) is 52.6 Å². The molecule has 0 N–H and O–H groups in total. The van der Waals surface area contributed by atoms with E-state index in [9.17, 15) is 9.00 Å². The van der Waals surface area contributed by atoms with Crippen LogP contribution in [0.15, 0.2) is 0 Å². The minimum absolute atomic E-state index is 0.00904. The summed E-state index contributed by atoms with van der Waals surface area (Å²) in [5.41, 5.74) is -0.0502. The molecule has 0 aromatic heterocycles. The normalized spacial score (nSPS) is 21.2. The molecule has 0 bridgehead atoms. The summed E-state index contributed by atoms with van der Waals surface area (Å²) >= 11 is 0. The number of ether oxygens (including phenoxy) is 2. The van der Waals surface area contributed by atoms with Crippen LogP contribution in [0.25, 0.3) is 0 Å². The summed E-state index contributed by atoms with van der Waals surface area (Å²) in [5, 5.41) is 0. The Bertz CT molecular complexity index is 273. The highest BCUT2D eigenvalue weighted by atomic mass is 32.2. The fraction of sp³-hybridized carbons (Fsp3) is 0.909. The monoisotopic (exact) mass is 248 g/mol. The van der Waals surface area contributed by atoms with Crippen LogP contribution in [0.3, 0.4) is 0 Å². The second-order valence-electron chi connectivity index (χ2n) is 4.55. The first-order chi connectivity index (χ1) is 7.51. The molecule has 16 heavy (non-hydrogen) atoms. The zero-order valence-electron chi connectivity index (χ0n) is 10.2. The average molecular weight is 248 g/mol. The Morgan fingerprint density at radius 1 is 1.44 bits per heavy atom. The predicted octanol–water partition coefficient (Wildman–Crippen LogP) is 1.11. The maximum atomic E-state index is 11.8. The van der Waals surface area contributed by atoms with Crippen molar-refractivity contribution in [1.29, 1.82) is 0 Å². The summed E-state index contributed by atoms with van der Waals surface area (Å²) < 4.78 is 21.5. The van der Waals surface area contributed by atoms with E-state index in [2.05, 4.69) is 4.74 Å². The van der Waals surface area contributed by atoms with Crippen molar-refractivity contribution in [1.82, 2.24) is 0 Å². The summed E-state index contributed by atoms with van der Waals surface area (Å²) in [7, 11) is 2.10. The first-order valence-corrected chi connectivity index (χ1v) is 6.95. The van der Waals surface area contributed by atoms with E-state index in [1.807, 2.05) is 6.92 Å². The fourth-order valence-electron chi connectivity index (χ4n) is 1.66. The first-order valence-electron chi connectivity index (χ1n) is 5.46. The van der Waals surface area contributed by atoms with Gasteiger partial charge in [-0.1, -0.05) is 0 Å². The largest absolute Gasteiger partial charge is 0.469 e. The zero-order valence-corrected chi connectivity index (χ0v) is 11.0. The van der Waals surface area contributed by atoms with E-state index < -0.39 is 10.8 Å². The molecule has 0 amide bonds. The molecular weight excluding hydrogens is 228 g/mol. The second-order valence-corrected chi connectivity index (χ2v) is 6.05. The number of hydrogen-bond donors (Lipinski definition) is 0. The van der Waals surface area contributed by atoms with E-state index in [0.717, 1.165) is 12.8 Å². The highest BCUT2D eigenvalue weighted by Gasteiger charge is 2.45. The van der Waals surface area contributed by atoms with E-state index in [1.165, 1.54) is 7.11 Å². The highest BCUT2D eigenvalue weighted by Crippen LogP contribution is 2.49. The minimum Gasteiger partial charge on any atom is -0.469 e. The van der Waals surface area contributed by atoms with Crippen molar-refractivity contribution in [2.24, 2.45) is 5.41 Å². The summed E-state index contributed by atoms with van der Waals surface area (Å²) in [6.07, 6.45) is 2.37. The molecule has 0 heterocycles. The van der Waals surface area contributed by atoms with Gasteiger partial charge in [-0.3, -0.25) is 9.00 Å². The molecular formula is C11H20O4S. The molecule has 1 fully saturated rings. The minimum atomic E-state index is -0.908. The third-order valence-electron chi connectivity index (χ3n) is 2.99. The number of methoxy groups -OCH3 is 2. The molecule has 94 valence electrons. The first kappa shape index (κ1) is 13.6. The van der Waals surface area contributed by atoms with Crippen molar-refractivity contribution in [2.75, 3.05) is 25.7 Å². The maximum Gasteiger partial charge on any atom is 0.306 e.